The predicted octanol–water partition coefficient (Wildman–Crippen LogP) is 4.36. The highest BCUT2D eigenvalue weighted by molar-refractivity contribution is 6.07. The van der Waals surface area contributed by atoms with Crippen molar-refractivity contribution >= 4 is 17.9 Å². The van der Waals surface area contributed by atoms with Gasteiger partial charge in [-0.25, -0.2) is 9.79 Å². The van der Waals surface area contributed by atoms with Crippen LogP contribution in [0.2, 0.25) is 0 Å². The highest BCUT2D eigenvalue weighted by atomic mass is 16.6. The van der Waals surface area contributed by atoms with Crippen LogP contribution in [0.5, 0.6) is 5.75 Å². The Morgan fingerprint density at radius 3 is 2.36 bits per heavy atom. The van der Waals surface area contributed by atoms with E-state index in [1.165, 1.54) is 5.56 Å². The van der Waals surface area contributed by atoms with Crippen molar-refractivity contribution in [3.63, 3.8) is 0 Å². The van der Waals surface area contributed by atoms with Gasteiger partial charge in [-0.3, -0.25) is 0 Å². The van der Waals surface area contributed by atoms with E-state index in [9.17, 15) is 4.79 Å². The van der Waals surface area contributed by atoms with Gasteiger partial charge >= 0.3 is 5.97 Å². The van der Waals surface area contributed by atoms with Gasteiger partial charge < -0.3 is 9.47 Å². The van der Waals surface area contributed by atoms with Gasteiger partial charge in [0.15, 0.2) is 12.3 Å². The van der Waals surface area contributed by atoms with Gasteiger partial charge in [0.2, 0.25) is 5.90 Å². The Balaban J connectivity index is 1.70. The van der Waals surface area contributed by atoms with Crippen LogP contribution in [-0.2, 0) is 14.9 Å². The van der Waals surface area contributed by atoms with Crippen LogP contribution in [0.1, 0.15) is 31.9 Å². The summed E-state index contributed by atoms with van der Waals surface area (Å²) in [5.41, 5.74) is 2.53. The Morgan fingerprint density at radius 2 is 1.72 bits per heavy atom. The summed E-state index contributed by atoms with van der Waals surface area (Å²) in [6, 6.07) is 17.4. The van der Waals surface area contributed by atoms with Crippen molar-refractivity contribution in [2.75, 3.05) is 6.61 Å². The highest BCUT2D eigenvalue weighted by Gasteiger charge is 2.23. The Kier molecular flexibility index (Phi) is 4.70. The number of benzene rings is 2. The molecular weight excluding hydrogens is 314 g/mol. The minimum Gasteiger partial charge on any atom is -0.484 e. The first-order valence-electron chi connectivity index (χ1n) is 8.22. The molecule has 3 rings (SSSR count). The average molecular weight is 335 g/mol. The second-order valence-corrected chi connectivity index (χ2v) is 6.90. The van der Waals surface area contributed by atoms with Crippen molar-refractivity contribution < 1.29 is 14.3 Å². The highest BCUT2D eigenvalue weighted by Crippen LogP contribution is 2.23. The standard InChI is InChI=1S/C21H21NO3/c1-21(2,3)16-11-9-15(10-12-16)13-18-20(23)25-19(22-18)14-24-17-7-5-4-6-8-17/h4-13H,14H2,1-3H3/b18-13+. The molecule has 2 aromatic rings. The Bertz CT molecular complexity index is 812. The molecule has 0 fully saturated rings. The second-order valence-electron chi connectivity index (χ2n) is 6.90. The monoisotopic (exact) mass is 335 g/mol. The van der Waals surface area contributed by atoms with Crippen LogP contribution >= 0.6 is 0 Å². The van der Waals surface area contributed by atoms with Crippen LogP contribution in [0.25, 0.3) is 6.08 Å². The van der Waals surface area contributed by atoms with Crippen molar-refractivity contribution in [2.45, 2.75) is 26.2 Å². The number of rotatable bonds is 4. The molecule has 0 N–H and O–H groups in total. The second kappa shape index (κ2) is 6.93. The average Bonchev–Trinajstić information content (AvgIpc) is 2.93. The summed E-state index contributed by atoms with van der Waals surface area (Å²) in [7, 11) is 0. The number of carbonyl (C=O) groups is 1. The van der Waals surface area contributed by atoms with E-state index < -0.39 is 5.97 Å². The van der Waals surface area contributed by atoms with Crippen molar-refractivity contribution in [3.8, 4) is 5.75 Å². The van der Waals surface area contributed by atoms with Crippen LogP contribution in [0, 0.1) is 0 Å². The Labute approximate surface area is 147 Å². The summed E-state index contributed by atoms with van der Waals surface area (Å²) in [6.07, 6.45) is 1.73. The normalized spacial score (nSPS) is 15.9. The van der Waals surface area contributed by atoms with E-state index in [-0.39, 0.29) is 23.6 Å². The molecule has 4 nitrogen and oxygen atoms in total. The molecular formula is C21H21NO3. The molecule has 1 heterocycles. The van der Waals surface area contributed by atoms with E-state index in [2.05, 4.69) is 37.9 Å². The zero-order chi connectivity index (χ0) is 17.9. The van der Waals surface area contributed by atoms with Crippen LogP contribution in [0.4, 0.5) is 0 Å². The molecule has 2 aromatic carbocycles. The fourth-order valence-corrected chi connectivity index (χ4v) is 2.41. The first-order valence-corrected chi connectivity index (χ1v) is 8.22. The summed E-state index contributed by atoms with van der Waals surface area (Å²) >= 11 is 0. The quantitative estimate of drug-likeness (QED) is 0.616. The molecule has 1 aliphatic heterocycles. The number of hydrogen-bond donors (Lipinski definition) is 0. The molecule has 25 heavy (non-hydrogen) atoms. The molecule has 0 bridgehead atoms. The summed E-state index contributed by atoms with van der Waals surface area (Å²) in [4.78, 5) is 16.2. The maximum Gasteiger partial charge on any atom is 0.363 e. The van der Waals surface area contributed by atoms with Gasteiger partial charge in [0.05, 0.1) is 0 Å². The van der Waals surface area contributed by atoms with Crippen molar-refractivity contribution in [3.05, 3.63) is 71.4 Å². The molecule has 0 radical (unpaired) electrons. The number of cyclic esters (lactones) is 1. The van der Waals surface area contributed by atoms with Gasteiger partial charge in [-0.1, -0.05) is 63.2 Å². The zero-order valence-electron chi connectivity index (χ0n) is 14.7. The van der Waals surface area contributed by atoms with Gasteiger partial charge in [-0.05, 0) is 34.8 Å². The number of hydrogen-bond acceptors (Lipinski definition) is 4. The predicted molar refractivity (Wildman–Crippen MR) is 98.6 cm³/mol. The topological polar surface area (TPSA) is 47.9 Å². The summed E-state index contributed by atoms with van der Waals surface area (Å²) in [5, 5.41) is 0. The number of nitrogens with zero attached hydrogens (tertiary/aromatic N) is 1. The molecule has 0 unspecified atom stereocenters. The fraction of sp³-hybridized carbons (Fsp3) is 0.238. The van der Waals surface area contributed by atoms with E-state index >= 15 is 0 Å². The van der Waals surface area contributed by atoms with Gasteiger partial charge in [0.25, 0.3) is 0 Å². The summed E-state index contributed by atoms with van der Waals surface area (Å²) in [5.74, 6) is 0.523. The molecule has 0 amide bonds. The lowest BCUT2D eigenvalue weighted by Gasteiger charge is -2.18. The first-order chi connectivity index (χ1) is 11.9. The molecule has 4 heteroatoms. The number of carbonyl (C=O) groups excluding carboxylic acids is 1. The number of esters is 1. The fourth-order valence-electron chi connectivity index (χ4n) is 2.41. The lowest BCUT2D eigenvalue weighted by molar-refractivity contribution is -0.130. The minimum atomic E-state index is -0.452. The van der Waals surface area contributed by atoms with Gasteiger partial charge in [0.1, 0.15) is 5.75 Å². The van der Waals surface area contributed by atoms with Gasteiger partial charge in [-0.2, -0.15) is 0 Å². The Hall–Kier alpha value is -2.88. The number of aliphatic imine (C=N–C) groups is 1. The van der Waals surface area contributed by atoms with E-state index in [4.69, 9.17) is 9.47 Å². The Morgan fingerprint density at radius 1 is 1.04 bits per heavy atom. The molecule has 0 atom stereocenters. The van der Waals surface area contributed by atoms with E-state index in [1.807, 2.05) is 42.5 Å². The lowest BCUT2D eigenvalue weighted by Crippen LogP contribution is -2.13. The van der Waals surface area contributed by atoms with Crippen LogP contribution in [-0.4, -0.2) is 18.5 Å². The van der Waals surface area contributed by atoms with Crippen molar-refractivity contribution in [1.82, 2.24) is 0 Å². The first kappa shape index (κ1) is 17.0. The van der Waals surface area contributed by atoms with Crippen LogP contribution in [0.3, 0.4) is 0 Å². The summed E-state index contributed by atoms with van der Waals surface area (Å²) < 4.78 is 10.7. The molecule has 0 spiro atoms. The lowest BCUT2D eigenvalue weighted by atomic mass is 9.87. The molecule has 0 aromatic heterocycles. The van der Waals surface area contributed by atoms with Gasteiger partial charge in [-0.15, -0.1) is 0 Å². The molecule has 1 aliphatic rings. The number of para-hydroxylation sites is 1. The molecule has 0 saturated heterocycles. The van der Waals surface area contributed by atoms with Gasteiger partial charge in [0, 0.05) is 0 Å². The zero-order valence-corrected chi connectivity index (χ0v) is 14.7. The maximum atomic E-state index is 12.0. The summed E-state index contributed by atoms with van der Waals surface area (Å²) in [6.45, 7) is 6.62. The SMILES string of the molecule is CC(C)(C)c1ccc(/C=C2/N=C(COc3ccccc3)OC2=O)cc1. The third-order valence-corrected chi connectivity index (χ3v) is 3.85. The van der Waals surface area contributed by atoms with Crippen LogP contribution < -0.4 is 4.74 Å². The third-order valence-electron chi connectivity index (χ3n) is 3.85. The van der Waals surface area contributed by atoms with E-state index in [0.717, 1.165) is 5.56 Å². The minimum absolute atomic E-state index is 0.0953. The van der Waals surface area contributed by atoms with Crippen molar-refractivity contribution in [2.24, 2.45) is 4.99 Å². The van der Waals surface area contributed by atoms with E-state index in [1.54, 1.807) is 6.08 Å². The third kappa shape index (κ3) is 4.35. The smallest absolute Gasteiger partial charge is 0.363 e. The molecule has 128 valence electrons. The maximum absolute atomic E-state index is 12.0. The van der Waals surface area contributed by atoms with E-state index in [0.29, 0.717) is 5.75 Å². The largest absolute Gasteiger partial charge is 0.484 e. The van der Waals surface area contributed by atoms with Crippen molar-refractivity contribution in [1.29, 1.82) is 0 Å². The van der Waals surface area contributed by atoms with Crippen LogP contribution in [0.15, 0.2) is 65.3 Å². The molecule has 0 saturated carbocycles. The molecule has 0 aliphatic carbocycles. The number of ether oxygens (including phenoxy) is 2.